The summed E-state index contributed by atoms with van der Waals surface area (Å²) in [5, 5.41) is 3.11. The van der Waals surface area contributed by atoms with Crippen LogP contribution in [0.2, 0.25) is 5.02 Å². The fourth-order valence-electron chi connectivity index (χ4n) is 2.52. The predicted octanol–water partition coefficient (Wildman–Crippen LogP) is 5.55. The van der Waals surface area contributed by atoms with Crippen molar-refractivity contribution in [2.24, 2.45) is 0 Å². The van der Waals surface area contributed by atoms with E-state index in [1.54, 1.807) is 49.6 Å². The average molecular weight is 374 g/mol. The molecule has 0 unspecified atom stereocenters. The van der Waals surface area contributed by atoms with E-state index >= 15 is 0 Å². The van der Waals surface area contributed by atoms with Gasteiger partial charge in [-0.05, 0) is 48.0 Å². The van der Waals surface area contributed by atoms with Crippen LogP contribution in [0.15, 0.2) is 60.7 Å². The molecule has 0 spiro atoms. The van der Waals surface area contributed by atoms with Gasteiger partial charge in [-0.25, -0.2) is 8.78 Å². The molecule has 132 valence electrons. The first-order valence-electron chi connectivity index (χ1n) is 7.69. The molecule has 0 saturated heterocycles. The predicted molar refractivity (Wildman–Crippen MR) is 97.8 cm³/mol. The molecular weight excluding hydrogens is 360 g/mol. The lowest BCUT2D eigenvalue weighted by molar-refractivity contribution is 0.102. The van der Waals surface area contributed by atoms with Crippen molar-refractivity contribution in [3.05, 3.63) is 82.9 Å². The van der Waals surface area contributed by atoms with Crippen LogP contribution in [0.5, 0.6) is 5.75 Å². The zero-order valence-electron chi connectivity index (χ0n) is 13.7. The maximum Gasteiger partial charge on any atom is 0.258 e. The number of benzene rings is 3. The van der Waals surface area contributed by atoms with Gasteiger partial charge in [-0.3, -0.25) is 4.79 Å². The summed E-state index contributed by atoms with van der Waals surface area (Å²) in [6.45, 7) is 0. The third kappa shape index (κ3) is 3.68. The second kappa shape index (κ2) is 7.54. The van der Waals surface area contributed by atoms with Crippen molar-refractivity contribution in [1.82, 2.24) is 0 Å². The van der Waals surface area contributed by atoms with E-state index in [0.717, 1.165) is 17.2 Å². The second-order valence-corrected chi connectivity index (χ2v) is 5.91. The number of carbonyl (C=O) groups is 1. The van der Waals surface area contributed by atoms with Crippen molar-refractivity contribution < 1.29 is 18.3 Å². The van der Waals surface area contributed by atoms with Crippen LogP contribution in [0, 0.1) is 11.6 Å². The number of anilines is 1. The highest BCUT2D eigenvalue weighted by Crippen LogP contribution is 2.33. The van der Waals surface area contributed by atoms with E-state index in [2.05, 4.69) is 5.32 Å². The van der Waals surface area contributed by atoms with Gasteiger partial charge in [0, 0.05) is 16.3 Å². The maximum atomic E-state index is 13.7. The van der Waals surface area contributed by atoms with Gasteiger partial charge in [0.05, 0.1) is 12.7 Å². The minimum absolute atomic E-state index is 0.356. The fraction of sp³-hybridized carbons (Fsp3) is 0.0500. The van der Waals surface area contributed by atoms with Crippen LogP contribution in [0.1, 0.15) is 10.4 Å². The van der Waals surface area contributed by atoms with Gasteiger partial charge in [-0.15, -0.1) is 0 Å². The quantitative estimate of drug-likeness (QED) is 0.651. The third-order valence-electron chi connectivity index (χ3n) is 3.81. The topological polar surface area (TPSA) is 38.3 Å². The molecule has 0 saturated carbocycles. The Morgan fingerprint density at radius 3 is 2.46 bits per heavy atom. The summed E-state index contributed by atoms with van der Waals surface area (Å²) in [4.78, 5) is 12.1. The SMILES string of the molecule is COc1ccc(Cl)cc1-c1ccc(NC(=O)c2cccc(F)c2F)cc1. The minimum Gasteiger partial charge on any atom is -0.496 e. The molecule has 6 heteroatoms. The first kappa shape index (κ1) is 17.9. The van der Waals surface area contributed by atoms with Gasteiger partial charge in [0.2, 0.25) is 0 Å². The van der Waals surface area contributed by atoms with Crippen LogP contribution in [0.4, 0.5) is 14.5 Å². The Balaban J connectivity index is 1.83. The van der Waals surface area contributed by atoms with Crippen molar-refractivity contribution in [1.29, 1.82) is 0 Å². The monoisotopic (exact) mass is 373 g/mol. The smallest absolute Gasteiger partial charge is 0.258 e. The van der Waals surface area contributed by atoms with E-state index in [4.69, 9.17) is 16.3 Å². The molecule has 1 N–H and O–H groups in total. The first-order valence-corrected chi connectivity index (χ1v) is 8.06. The molecule has 0 fully saturated rings. The van der Waals surface area contributed by atoms with Crippen molar-refractivity contribution in [3.8, 4) is 16.9 Å². The fourth-order valence-corrected chi connectivity index (χ4v) is 2.69. The number of carbonyl (C=O) groups excluding carboxylic acids is 1. The molecule has 1 amide bonds. The largest absolute Gasteiger partial charge is 0.496 e. The molecule has 3 nitrogen and oxygen atoms in total. The van der Waals surface area contributed by atoms with E-state index in [-0.39, 0.29) is 5.56 Å². The van der Waals surface area contributed by atoms with Gasteiger partial charge in [0.25, 0.3) is 5.91 Å². The van der Waals surface area contributed by atoms with Crippen LogP contribution < -0.4 is 10.1 Å². The van der Waals surface area contributed by atoms with E-state index in [0.29, 0.717) is 16.5 Å². The molecular formula is C20H14ClF2NO2. The Kier molecular flexibility index (Phi) is 5.19. The molecule has 0 bridgehead atoms. The Labute approximate surface area is 154 Å². The molecule has 0 radical (unpaired) electrons. The average Bonchev–Trinajstić information content (AvgIpc) is 2.64. The van der Waals surface area contributed by atoms with E-state index in [1.807, 2.05) is 0 Å². The lowest BCUT2D eigenvalue weighted by Gasteiger charge is -2.11. The highest BCUT2D eigenvalue weighted by Gasteiger charge is 2.15. The van der Waals surface area contributed by atoms with Crippen molar-refractivity contribution in [2.45, 2.75) is 0 Å². The van der Waals surface area contributed by atoms with Gasteiger partial charge in [-0.1, -0.05) is 29.8 Å². The van der Waals surface area contributed by atoms with Crippen LogP contribution in [-0.4, -0.2) is 13.0 Å². The van der Waals surface area contributed by atoms with Gasteiger partial charge >= 0.3 is 0 Å². The van der Waals surface area contributed by atoms with Crippen LogP contribution in [0.3, 0.4) is 0 Å². The molecule has 0 aliphatic rings. The molecule has 26 heavy (non-hydrogen) atoms. The van der Waals surface area contributed by atoms with E-state index in [9.17, 15) is 13.6 Å². The van der Waals surface area contributed by atoms with Gasteiger partial charge in [-0.2, -0.15) is 0 Å². The minimum atomic E-state index is -1.18. The van der Waals surface area contributed by atoms with Crippen molar-refractivity contribution in [2.75, 3.05) is 12.4 Å². The van der Waals surface area contributed by atoms with E-state index < -0.39 is 17.5 Å². The summed E-state index contributed by atoms with van der Waals surface area (Å²) >= 11 is 6.04. The number of hydrogen-bond donors (Lipinski definition) is 1. The van der Waals surface area contributed by atoms with Crippen molar-refractivity contribution >= 4 is 23.2 Å². The molecule has 3 aromatic carbocycles. The molecule has 0 aliphatic carbocycles. The molecule has 0 heterocycles. The Morgan fingerprint density at radius 2 is 1.77 bits per heavy atom. The molecule has 0 atom stereocenters. The molecule has 3 rings (SSSR count). The maximum absolute atomic E-state index is 13.7. The Hall–Kier alpha value is -2.92. The number of ether oxygens (including phenoxy) is 1. The highest BCUT2D eigenvalue weighted by atomic mass is 35.5. The van der Waals surface area contributed by atoms with Gasteiger partial charge < -0.3 is 10.1 Å². The summed E-state index contributed by atoms with van der Waals surface area (Å²) in [6.07, 6.45) is 0. The van der Waals surface area contributed by atoms with Crippen LogP contribution in [0.25, 0.3) is 11.1 Å². The summed E-state index contributed by atoms with van der Waals surface area (Å²) < 4.78 is 32.3. The number of hydrogen-bond acceptors (Lipinski definition) is 2. The molecule has 0 aromatic heterocycles. The summed E-state index contributed by atoms with van der Waals surface area (Å²) in [5.41, 5.74) is 1.72. The van der Waals surface area contributed by atoms with Crippen LogP contribution in [-0.2, 0) is 0 Å². The summed E-state index contributed by atoms with van der Waals surface area (Å²) in [5.74, 6) is -2.31. The first-order chi connectivity index (χ1) is 12.5. The summed E-state index contributed by atoms with van der Waals surface area (Å²) in [7, 11) is 1.56. The number of nitrogens with one attached hydrogen (secondary N) is 1. The normalized spacial score (nSPS) is 10.5. The number of halogens is 3. The number of methoxy groups -OCH3 is 1. The lowest BCUT2D eigenvalue weighted by atomic mass is 10.0. The van der Waals surface area contributed by atoms with E-state index in [1.165, 1.54) is 12.1 Å². The van der Waals surface area contributed by atoms with Gasteiger partial charge in [0.15, 0.2) is 11.6 Å². The Morgan fingerprint density at radius 1 is 1.04 bits per heavy atom. The number of amides is 1. The lowest BCUT2D eigenvalue weighted by Crippen LogP contribution is -2.14. The zero-order chi connectivity index (χ0) is 18.7. The standard InChI is InChI=1S/C20H14ClF2NO2/c1-26-18-10-7-13(21)11-16(18)12-5-8-14(9-6-12)24-20(25)15-3-2-4-17(22)19(15)23/h2-11H,1H3,(H,24,25). The number of rotatable bonds is 4. The van der Waals surface area contributed by atoms with Gasteiger partial charge in [0.1, 0.15) is 5.75 Å². The summed E-state index contributed by atoms with van der Waals surface area (Å²) in [6, 6.07) is 15.6. The third-order valence-corrected chi connectivity index (χ3v) is 4.05. The van der Waals surface area contributed by atoms with Crippen LogP contribution >= 0.6 is 11.6 Å². The van der Waals surface area contributed by atoms with Crippen molar-refractivity contribution in [3.63, 3.8) is 0 Å². The highest BCUT2D eigenvalue weighted by molar-refractivity contribution is 6.31. The molecule has 0 aliphatic heterocycles. The second-order valence-electron chi connectivity index (χ2n) is 5.48. The zero-order valence-corrected chi connectivity index (χ0v) is 14.5. The Bertz CT molecular complexity index is 959. The molecule has 3 aromatic rings.